The molecule has 0 saturated carbocycles. The summed E-state index contributed by atoms with van der Waals surface area (Å²) >= 11 is 0. The zero-order valence-corrected chi connectivity index (χ0v) is 8.24. The van der Waals surface area contributed by atoms with Crippen molar-refractivity contribution in [2.24, 2.45) is 0 Å². The van der Waals surface area contributed by atoms with Gasteiger partial charge in [0.25, 0.3) is 0 Å². The number of phenols is 1. The average Bonchev–Trinajstić information content (AvgIpc) is 2.04. The predicted molar refractivity (Wildman–Crippen MR) is 46.5 cm³/mol. The predicted octanol–water partition coefficient (Wildman–Crippen LogP) is 1.74. The molecule has 0 atom stereocenters. The highest BCUT2D eigenvalue weighted by Crippen LogP contribution is 2.24. The highest BCUT2D eigenvalue weighted by molar-refractivity contribution is 8.13. The number of hydrogen-bond donors (Lipinski definition) is 1. The van der Waals surface area contributed by atoms with E-state index in [0.29, 0.717) is 0 Å². The summed E-state index contributed by atoms with van der Waals surface area (Å²) in [5.41, 5.74) is -0.376. The molecule has 0 spiro atoms. The molecule has 0 aliphatic rings. The molecular weight excluding hydrogens is 238 g/mol. The van der Waals surface area contributed by atoms with Crippen molar-refractivity contribution in [1.82, 2.24) is 0 Å². The van der Waals surface area contributed by atoms with Gasteiger partial charge in [0.1, 0.15) is 0 Å². The van der Waals surface area contributed by atoms with Crippen LogP contribution in [0.2, 0.25) is 0 Å². The van der Waals surface area contributed by atoms with E-state index in [1.165, 1.54) is 0 Å². The Bertz CT molecular complexity index is 458. The summed E-state index contributed by atoms with van der Waals surface area (Å²) in [4.78, 5) is 0. The molecule has 0 aliphatic heterocycles. The van der Waals surface area contributed by atoms with Crippen molar-refractivity contribution in [1.29, 1.82) is 0 Å². The summed E-state index contributed by atoms with van der Waals surface area (Å²) in [6, 6.07) is 1.67. The van der Waals surface area contributed by atoms with Crippen LogP contribution in [-0.4, -0.2) is 13.5 Å². The Morgan fingerprint density at radius 3 is 2.43 bits per heavy atom. The van der Waals surface area contributed by atoms with Crippen LogP contribution < -0.4 is 0 Å². The van der Waals surface area contributed by atoms with Crippen molar-refractivity contribution in [3.63, 3.8) is 0 Å². The van der Waals surface area contributed by atoms with Gasteiger partial charge in [-0.15, -0.1) is 0 Å². The molecule has 0 amide bonds. The number of benzene rings is 1. The van der Waals surface area contributed by atoms with E-state index in [-0.39, 0.29) is 5.56 Å². The van der Waals surface area contributed by atoms with Crippen molar-refractivity contribution in [2.75, 3.05) is 0 Å². The first kappa shape index (κ1) is 11.2. The van der Waals surface area contributed by atoms with Crippen LogP contribution >= 0.6 is 10.7 Å². The van der Waals surface area contributed by atoms with Crippen molar-refractivity contribution < 1.29 is 22.3 Å². The monoisotopic (exact) mass is 242 g/mol. The highest BCUT2D eigenvalue weighted by Gasteiger charge is 2.16. The summed E-state index contributed by atoms with van der Waals surface area (Å²) in [5.74, 6) is -4.47. The summed E-state index contributed by atoms with van der Waals surface area (Å²) in [5, 5.41) is 8.80. The van der Waals surface area contributed by atoms with Crippen LogP contribution in [0.3, 0.4) is 0 Å². The minimum Gasteiger partial charge on any atom is -0.503 e. The molecule has 0 bridgehead atoms. The van der Waals surface area contributed by atoms with Gasteiger partial charge in [-0.05, 0) is 6.07 Å². The summed E-state index contributed by atoms with van der Waals surface area (Å²) in [7, 11) is 0.931. The maximum Gasteiger partial charge on any atom is 0.236 e. The third-order valence-electron chi connectivity index (χ3n) is 1.47. The topological polar surface area (TPSA) is 54.4 Å². The SMILES string of the molecule is O=S(=O)(Cl)Cc1ccc(F)c(O)c1F. The lowest BCUT2D eigenvalue weighted by Crippen LogP contribution is -1.99. The molecule has 0 aliphatic carbocycles. The molecule has 1 aromatic carbocycles. The third-order valence-corrected chi connectivity index (χ3v) is 2.46. The van der Waals surface area contributed by atoms with Gasteiger partial charge in [-0.1, -0.05) is 6.07 Å². The number of halogens is 3. The van der Waals surface area contributed by atoms with Gasteiger partial charge >= 0.3 is 0 Å². The average molecular weight is 243 g/mol. The first-order chi connectivity index (χ1) is 6.31. The number of rotatable bonds is 2. The molecule has 1 rings (SSSR count). The molecule has 3 nitrogen and oxygen atoms in total. The molecule has 0 unspecified atom stereocenters. The van der Waals surface area contributed by atoms with Crippen molar-refractivity contribution in [3.05, 3.63) is 29.3 Å². The van der Waals surface area contributed by atoms with Crippen LogP contribution in [0.5, 0.6) is 5.75 Å². The van der Waals surface area contributed by atoms with Crippen molar-refractivity contribution >= 4 is 19.7 Å². The van der Waals surface area contributed by atoms with Gasteiger partial charge < -0.3 is 5.11 Å². The Labute approximate surface area is 83.4 Å². The highest BCUT2D eigenvalue weighted by atomic mass is 35.7. The van der Waals surface area contributed by atoms with Gasteiger partial charge in [-0.3, -0.25) is 0 Å². The van der Waals surface area contributed by atoms with Crippen LogP contribution in [0.1, 0.15) is 5.56 Å². The first-order valence-electron chi connectivity index (χ1n) is 3.39. The Hall–Kier alpha value is -0.880. The second-order valence-corrected chi connectivity index (χ2v) is 5.33. The van der Waals surface area contributed by atoms with Crippen LogP contribution in [0, 0.1) is 11.6 Å². The molecule has 78 valence electrons. The van der Waals surface area contributed by atoms with E-state index in [4.69, 9.17) is 15.8 Å². The van der Waals surface area contributed by atoms with E-state index in [0.717, 1.165) is 12.1 Å². The second kappa shape index (κ2) is 3.70. The first-order valence-corrected chi connectivity index (χ1v) is 5.87. The lowest BCUT2D eigenvalue weighted by Gasteiger charge is -2.02. The molecule has 14 heavy (non-hydrogen) atoms. The fourth-order valence-electron chi connectivity index (χ4n) is 0.880. The number of phenolic OH excluding ortho intramolecular Hbond substituents is 1. The van der Waals surface area contributed by atoms with Gasteiger partial charge in [-0.2, -0.15) is 0 Å². The molecule has 0 heterocycles. The Balaban J connectivity index is 3.19. The van der Waals surface area contributed by atoms with Gasteiger partial charge in [0, 0.05) is 16.2 Å². The Morgan fingerprint density at radius 1 is 1.36 bits per heavy atom. The van der Waals surface area contributed by atoms with Crippen molar-refractivity contribution in [3.8, 4) is 5.75 Å². The molecule has 1 N–H and O–H groups in total. The minimum atomic E-state index is -3.93. The molecule has 1 aromatic rings. The standard InChI is InChI=1S/C7H5ClF2O3S/c8-14(12,13)3-4-1-2-5(9)7(11)6(4)10/h1-2,11H,3H2. The van der Waals surface area contributed by atoms with E-state index in [2.05, 4.69) is 0 Å². The maximum absolute atomic E-state index is 13.0. The zero-order valence-electron chi connectivity index (χ0n) is 6.67. The van der Waals surface area contributed by atoms with Gasteiger partial charge in [0.15, 0.2) is 17.4 Å². The molecule has 0 aromatic heterocycles. The Kier molecular flexibility index (Phi) is 2.96. The summed E-state index contributed by atoms with van der Waals surface area (Å²) in [6.45, 7) is 0. The van der Waals surface area contributed by atoms with Crippen LogP contribution in [0.25, 0.3) is 0 Å². The normalized spacial score (nSPS) is 11.6. The van der Waals surface area contributed by atoms with E-state index in [1.807, 2.05) is 0 Å². The van der Waals surface area contributed by atoms with Crippen molar-refractivity contribution in [2.45, 2.75) is 5.75 Å². The van der Waals surface area contributed by atoms with Crippen LogP contribution in [0.15, 0.2) is 12.1 Å². The zero-order chi connectivity index (χ0) is 10.9. The largest absolute Gasteiger partial charge is 0.503 e. The van der Waals surface area contributed by atoms with Crippen LogP contribution in [-0.2, 0) is 14.8 Å². The molecule has 7 heteroatoms. The fourth-order valence-corrected chi connectivity index (χ4v) is 1.83. The number of hydrogen-bond acceptors (Lipinski definition) is 3. The summed E-state index contributed by atoms with van der Waals surface area (Å²) < 4.78 is 46.6. The van der Waals surface area contributed by atoms with Crippen LogP contribution in [0.4, 0.5) is 8.78 Å². The summed E-state index contributed by atoms with van der Waals surface area (Å²) in [6.07, 6.45) is 0. The third kappa shape index (κ3) is 2.55. The molecule has 0 saturated heterocycles. The lowest BCUT2D eigenvalue weighted by molar-refractivity contribution is 0.394. The van der Waals surface area contributed by atoms with Gasteiger partial charge in [0.05, 0.1) is 5.75 Å². The van der Waals surface area contributed by atoms with E-state index in [9.17, 15) is 17.2 Å². The molecular formula is C7H5ClF2O3S. The van der Waals surface area contributed by atoms with E-state index in [1.54, 1.807) is 0 Å². The van der Waals surface area contributed by atoms with Gasteiger partial charge in [-0.25, -0.2) is 17.2 Å². The minimum absolute atomic E-state index is 0.376. The fraction of sp³-hybridized carbons (Fsp3) is 0.143. The second-order valence-electron chi connectivity index (χ2n) is 2.55. The molecule has 0 fully saturated rings. The van der Waals surface area contributed by atoms with E-state index < -0.39 is 32.2 Å². The Morgan fingerprint density at radius 2 is 1.93 bits per heavy atom. The maximum atomic E-state index is 13.0. The smallest absolute Gasteiger partial charge is 0.236 e. The van der Waals surface area contributed by atoms with E-state index >= 15 is 0 Å². The number of aromatic hydroxyl groups is 1. The van der Waals surface area contributed by atoms with Gasteiger partial charge in [0.2, 0.25) is 9.05 Å². The quantitative estimate of drug-likeness (QED) is 0.804. The molecule has 0 radical (unpaired) electrons. The lowest BCUT2D eigenvalue weighted by atomic mass is 10.2.